The smallest absolute Gasteiger partial charge is 0.267 e. The number of carbonyl (C=O) groups excluding carboxylic acids is 2. The van der Waals surface area contributed by atoms with Gasteiger partial charge < -0.3 is 10.6 Å². The van der Waals surface area contributed by atoms with E-state index in [1.807, 2.05) is 6.07 Å². The molecule has 0 saturated carbocycles. The van der Waals surface area contributed by atoms with Crippen LogP contribution in [0.2, 0.25) is 5.02 Å². The Kier molecular flexibility index (Phi) is 3.53. The van der Waals surface area contributed by atoms with Gasteiger partial charge in [-0.2, -0.15) is 0 Å². The predicted octanol–water partition coefficient (Wildman–Crippen LogP) is 2.87. The summed E-state index contributed by atoms with van der Waals surface area (Å²) < 4.78 is 0. The van der Waals surface area contributed by atoms with Gasteiger partial charge in [0, 0.05) is 10.6 Å². The molecule has 2 N–H and O–H groups in total. The van der Waals surface area contributed by atoms with E-state index in [0.717, 1.165) is 48.1 Å². The molecule has 2 amide bonds. The summed E-state index contributed by atoms with van der Waals surface area (Å²) in [5, 5.41) is 0.618. The Balaban J connectivity index is 1.81. The fourth-order valence-corrected chi connectivity index (χ4v) is 3.85. The normalized spacial score (nSPS) is 16.0. The molecule has 0 radical (unpaired) electrons. The largest absolute Gasteiger partial charge is 0.364 e. The molecule has 1 aromatic carbocycles. The van der Waals surface area contributed by atoms with Crippen molar-refractivity contribution in [2.45, 2.75) is 32.2 Å². The first-order valence-electron chi connectivity index (χ1n) is 7.97. The second-order valence-corrected chi connectivity index (χ2v) is 6.65. The number of hydrogen-bond acceptors (Lipinski definition) is 3. The Morgan fingerprint density at radius 3 is 2.71 bits per heavy atom. The number of pyridine rings is 1. The van der Waals surface area contributed by atoms with Gasteiger partial charge in [0.05, 0.1) is 18.4 Å². The van der Waals surface area contributed by atoms with Gasteiger partial charge in [0.1, 0.15) is 5.69 Å². The standard InChI is InChI=1S/C18H16ClN3O2/c19-11-5-6-12-10(7-11)9-22(18(12)24)15-8-21-16(17(20)23)14-4-2-1-3-13(14)15/h5-8H,1-4,9H2,(H2,20,23). The van der Waals surface area contributed by atoms with Crippen molar-refractivity contribution in [3.05, 3.63) is 57.4 Å². The third-order valence-corrected chi connectivity index (χ3v) is 5.01. The number of rotatable bonds is 2. The third-order valence-electron chi connectivity index (χ3n) is 4.77. The molecule has 24 heavy (non-hydrogen) atoms. The van der Waals surface area contributed by atoms with Crippen molar-refractivity contribution in [3.8, 4) is 0 Å². The topological polar surface area (TPSA) is 76.3 Å². The molecule has 0 spiro atoms. The highest BCUT2D eigenvalue weighted by Gasteiger charge is 2.32. The van der Waals surface area contributed by atoms with Gasteiger partial charge in [0.2, 0.25) is 0 Å². The number of aromatic nitrogens is 1. The first-order chi connectivity index (χ1) is 11.6. The molecule has 1 aromatic heterocycles. The minimum atomic E-state index is -0.512. The van der Waals surface area contributed by atoms with Crippen LogP contribution in [0.25, 0.3) is 0 Å². The summed E-state index contributed by atoms with van der Waals surface area (Å²) in [5.74, 6) is -0.564. The Morgan fingerprint density at radius 2 is 1.96 bits per heavy atom. The number of halogens is 1. The van der Waals surface area contributed by atoms with Gasteiger partial charge in [-0.25, -0.2) is 4.98 Å². The Bertz CT molecular complexity index is 879. The fraction of sp³-hybridized carbons (Fsp3) is 0.278. The first-order valence-corrected chi connectivity index (χ1v) is 8.35. The second kappa shape index (κ2) is 5.60. The van der Waals surface area contributed by atoms with E-state index in [1.165, 1.54) is 0 Å². The fourth-order valence-electron chi connectivity index (χ4n) is 3.66. The lowest BCUT2D eigenvalue weighted by molar-refractivity contribution is 0.0989. The molecular weight excluding hydrogens is 326 g/mol. The van der Waals surface area contributed by atoms with Crippen LogP contribution >= 0.6 is 11.6 Å². The van der Waals surface area contributed by atoms with Gasteiger partial charge in [-0.05, 0) is 60.6 Å². The molecule has 0 bridgehead atoms. The van der Waals surface area contributed by atoms with Gasteiger partial charge in [-0.3, -0.25) is 9.59 Å². The second-order valence-electron chi connectivity index (χ2n) is 6.21. The lowest BCUT2D eigenvalue weighted by Crippen LogP contribution is -2.27. The van der Waals surface area contributed by atoms with Crippen LogP contribution < -0.4 is 10.6 Å². The number of carbonyl (C=O) groups is 2. The lowest BCUT2D eigenvalue weighted by Gasteiger charge is -2.25. The molecule has 0 unspecified atom stereocenters. The van der Waals surface area contributed by atoms with Crippen molar-refractivity contribution >= 4 is 29.1 Å². The minimum Gasteiger partial charge on any atom is -0.364 e. The molecule has 0 saturated heterocycles. The summed E-state index contributed by atoms with van der Waals surface area (Å²) in [7, 11) is 0. The maximum Gasteiger partial charge on any atom is 0.267 e. The van der Waals surface area contributed by atoms with Crippen molar-refractivity contribution in [1.82, 2.24) is 4.98 Å². The van der Waals surface area contributed by atoms with Crippen LogP contribution in [0.15, 0.2) is 24.4 Å². The van der Waals surface area contributed by atoms with Crippen LogP contribution in [-0.2, 0) is 19.4 Å². The van der Waals surface area contributed by atoms with Crippen molar-refractivity contribution in [2.24, 2.45) is 5.73 Å². The van der Waals surface area contributed by atoms with Crippen LogP contribution in [0.4, 0.5) is 5.69 Å². The molecule has 5 nitrogen and oxygen atoms in total. The molecule has 2 heterocycles. The summed E-state index contributed by atoms with van der Waals surface area (Å²) in [6.45, 7) is 0.471. The molecule has 122 valence electrons. The maximum absolute atomic E-state index is 12.8. The van der Waals surface area contributed by atoms with Crippen LogP contribution in [0.1, 0.15) is 50.4 Å². The van der Waals surface area contributed by atoms with Crippen molar-refractivity contribution in [3.63, 3.8) is 0 Å². The summed E-state index contributed by atoms with van der Waals surface area (Å²) >= 11 is 6.04. The summed E-state index contributed by atoms with van der Waals surface area (Å²) in [6.07, 6.45) is 5.24. The molecule has 0 atom stereocenters. The Hall–Kier alpha value is -2.40. The van der Waals surface area contributed by atoms with E-state index >= 15 is 0 Å². The first kappa shape index (κ1) is 15.1. The van der Waals surface area contributed by atoms with Gasteiger partial charge >= 0.3 is 0 Å². The van der Waals surface area contributed by atoms with E-state index in [0.29, 0.717) is 22.8 Å². The summed E-state index contributed by atoms with van der Waals surface area (Å²) in [5.41, 5.74) is 10.1. The molecular formula is C18H16ClN3O2. The number of primary amides is 1. The van der Waals surface area contributed by atoms with Gasteiger partial charge in [-0.15, -0.1) is 0 Å². The molecule has 6 heteroatoms. The zero-order valence-electron chi connectivity index (χ0n) is 13.0. The zero-order chi connectivity index (χ0) is 16.8. The van der Waals surface area contributed by atoms with Crippen LogP contribution in [0.3, 0.4) is 0 Å². The number of amides is 2. The number of anilines is 1. The molecule has 4 rings (SSSR count). The van der Waals surface area contributed by atoms with E-state index in [1.54, 1.807) is 23.2 Å². The third kappa shape index (κ3) is 2.27. The molecule has 2 aliphatic rings. The van der Waals surface area contributed by atoms with Crippen LogP contribution in [0, 0.1) is 0 Å². The van der Waals surface area contributed by atoms with Gasteiger partial charge in [0.15, 0.2) is 0 Å². The number of nitrogens with two attached hydrogens (primary N) is 1. The summed E-state index contributed by atoms with van der Waals surface area (Å²) in [4.78, 5) is 30.4. The lowest BCUT2D eigenvalue weighted by atomic mass is 9.89. The quantitative estimate of drug-likeness (QED) is 0.912. The predicted molar refractivity (Wildman–Crippen MR) is 91.4 cm³/mol. The van der Waals surface area contributed by atoms with Gasteiger partial charge in [-0.1, -0.05) is 11.6 Å². The van der Waals surface area contributed by atoms with Crippen molar-refractivity contribution < 1.29 is 9.59 Å². The van der Waals surface area contributed by atoms with E-state index in [-0.39, 0.29) is 5.91 Å². The SMILES string of the molecule is NC(=O)c1ncc(N2Cc3cc(Cl)ccc3C2=O)c2c1CCCC2. The average molecular weight is 342 g/mol. The molecule has 1 aliphatic carbocycles. The number of nitrogens with zero attached hydrogens (tertiary/aromatic N) is 2. The number of fused-ring (bicyclic) bond motifs is 2. The molecule has 1 aliphatic heterocycles. The number of hydrogen-bond donors (Lipinski definition) is 1. The maximum atomic E-state index is 12.8. The van der Waals surface area contributed by atoms with Crippen molar-refractivity contribution in [2.75, 3.05) is 4.90 Å². The van der Waals surface area contributed by atoms with Crippen LogP contribution in [0.5, 0.6) is 0 Å². The molecule has 2 aromatic rings. The average Bonchev–Trinajstić information content (AvgIpc) is 2.89. The van der Waals surface area contributed by atoms with E-state index in [9.17, 15) is 9.59 Å². The van der Waals surface area contributed by atoms with E-state index in [2.05, 4.69) is 4.98 Å². The van der Waals surface area contributed by atoms with E-state index in [4.69, 9.17) is 17.3 Å². The zero-order valence-corrected chi connectivity index (χ0v) is 13.8. The molecule has 0 fully saturated rings. The monoisotopic (exact) mass is 341 g/mol. The highest BCUT2D eigenvalue weighted by Crippen LogP contribution is 2.36. The Morgan fingerprint density at radius 1 is 1.21 bits per heavy atom. The van der Waals surface area contributed by atoms with Gasteiger partial charge in [0.25, 0.3) is 11.8 Å². The Labute approximate surface area is 144 Å². The summed E-state index contributed by atoms with van der Waals surface area (Å²) in [6, 6.07) is 5.32. The highest BCUT2D eigenvalue weighted by molar-refractivity contribution is 6.31. The highest BCUT2D eigenvalue weighted by atomic mass is 35.5. The van der Waals surface area contributed by atoms with E-state index < -0.39 is 5.91 Å². The minimum absolute atomic E-state index is 0.0527. The van der Waals surface area contributed by atoms with Crippen LogP contribution in [-0.4, -0.2) is 16.8 Å². The van der Waals surface area contributed by atoms with Crippen molar-refractivity contribution in [1.29, 1.82) is 0 Å². The number of benzene rings is 1.